The fourth-order valence-corrected chi connectivity index (χ4v) is 2.83. The Kier molecular flexibility index (Phi) is 4.78. The minimum absolute atomic E-state index is 0.0119. The zero-order valence-electron chi connectivity index (χ0n) is 13.8. The molecule has 5 nitrogen and oxygen atoms in total. The molecular weight excluding hydrogens is 282 g/mol. The van der Waals surface area contributed by atoms with E-state index in [0.717, 1.165) is 28.7 Å². The predicted octanol–water partition coefficient (Wildman–Crippen LogP) is 3.21. The molecule has 0 fully saturated rings. The molecule has 21 heavy (non-hydrogen) atoms. The number of rotatable bonds is 5. The topological polar surface area (TPSA) is 55.6 Å². The Morgan fingerprint density at radius 1 is 1.29 bits per heavy atom. The van der Waals surface area contributed by atoms with Gasteiger partial charge in [-0.05, 0) is 41.0 Å². The Labute approximate surface area is 130 Å². The normalized spacial score (nSPS) is 13.6. The van der Waals surface area contributed by atoms with Crippen molar-refractivity contribution in [2.75, 3.05) is 0 Å². The van der Waals surface area contributed by atoms with Gasteiger partial charge in [0.1, 0.15) is 10.0 Å². The van der Waals surface area contributed by atoms with Crippen LogP contribution in [0.4, 0.5) is 0 Å². The van der Waals surface area contributed by atoms with E-state index in [2.05, 4.69) is 68.4 Å². The molecule has 0 saturated heterocycles. The van der Waals surface area contributed by atoms with E-state index in [4.69, 9.17) is 0 Å². The highest BCUT2D eigenvalue weighted by atomic mass is 32.1. The van der Waals surface area contributed by atoms with Crippen LogP contribution in [0.3, 0.4) is 0 Å². The average molecular weight is 307 g/mol. The summed E-state index contributed by atoms with van der Waals surface area (Å²) in [5.41, 5.74) is 2.33. The number of hydrogen-bond acceptors (Lipinski definition) is 5. The van der Waals surface area contributed by atoms with Crippen LogP contribution in [-0.4, -0.2) is 20.0 Å². The maximum atomic E-state index is 4.63. The summed E-state index contributed by atoms with van der Waals surface area (Å²) in [7, 11) is 0. The van der Waals surface area contributed by atoms with Crippen molar-refractivity contribution in [3.05, 3.63) is 27.5 Å². The summed E-state index contributed by atoms with van der Waals surface area (Å²) in [5.74, 6) is 0. The lowest BCUT2D eigenvalue weighted by Crippen LogP contribution is -2.22. The van der Waals surface area contributed by atoms with Gasteiger partial charge in [0.2, 0.25) is 0 Å². The van der Waals surface area contributed by atoms with Crippen molar-refractivity contribution in [1.82, 2.24) is 25.3 Å². The molecule has 0 unspecified atom stereocenters. The van der Waals surface area contributed by atoms with E-state index in [1.165, 1.54) is 5.56 Å². The number of nitrogens with zero attached hydrogens (tertiary/aromatic N) is 4. The molecule has 0 spiro atoms. The molecule has 0 amide bonds. The molecule has 0 aliphatic rings. The first kappa shape index (κ1) is 16.1. The first-order valence-corrected chi connectivity index (χ1v) is 8.24. The largest absolute Gasteiger partial charge is 0.304 e. The van der Waals surface area contributed by atoms with Crippen LogP contribution in [-0.2, 0) is 18.5 Å². The Morgan fingerprint density at radius 3 is 2.48 bits per heavy atom. The summed E-state index contributed by atoms with van der Waals surface area (Å²) < 4.78 is 2.04. The fraction of sp³-hybridized carbons (Fsp3) is 0.667. The van der Waals surface area contributed by atoms with Crippen molar-refractivity contribution in [3.63, 3.8) is 0 Å². The van der Waals surface area contributed by atoms with Gasteiger partial charge in [-0.2, -0.15) is 5.10 Å². The van der Waals surface area contributed by atoms with Gasteiger partial charge >= 0.3 is 0 Å². The van der Waals surface area contributed by atoms with E-state index in [1.807, 2.05) is 4.68 Å². The van der Waals surface area contributed by atoms with Gasteiger partial charge in [0.15, 0.2) is 0 Å². The van der Waals surface area contributed by atoms with E-state index in [9.17, 15) is 0 Å². The summed E-state index contributed by atoms with van der Waals surface area (Å²) in [6.07, 6.45) is 3.09. The summed E-state index contributed by atoms with van der Waals surface area (Å²) in [5, 5.41) is 18.6. The molecule has 116 valence electrons. The van der Waals surface area contributed by atoms with Gasteiger partial charge in [-0.1, -0.05) is 6.92 Å². The smallest absolute Gasteiger partial charge is 0.131 e. The standard InChI is InChI=1S/C15H25N5S/c1-7-13-17-18-14(21-13)8-16-10(2)12-9-20(15(4,5)6)19-11(12)3/h9-10,16H,7-8H2,1-6H3/t10-/m0/s1. The van der Waals surface area contributed by atoms with Crippen LogP contribution in [0.1, 0.15) is 61.9 Å². The lowest BCUT2D eigenvalue weighted by Gasteiger charge is -2.19. The van der Waals surface area contributed by atoms with Gasteiger partial charge in [-0.3, -0.25) is 4.68 Å². The van der Waals surface area contributed by atoms with Crippen LogP contribution in [0.25, 0.3) is 0 Å². The van der Waals surface area contributed by atoms with Crippen LogP contribution < -0.4 is 5.32 Å². The summed E-state index contributed by atoms with van der Waals surface area (Å²) >= 11 is 1.68. The molecule has 0 aliphatic carbocycles. The molecule has 6 heteroatoms. The molecule has 1 N–H and O–H groups in total. The average Bonchev–Trinajstić information content (AvgIpc) is 3.01. The van der Waals surface area contributed by atoms with E-state index in [-0.39, 0.29) is 11.6 Å². The monoisotopic (exact) mass is 307 g/mol. The highest BCUT2D eigenvalue weighted by molar-refractivity contribution is 7.11. The number of aromatic nitrogens is 4. The first-order chi connectivity index (χ1) is 9.81. The molecule has 0 aliphatic heterocycles. The predicted molar refractivity (Wildman–Crippen MR) is 86.5 cm³/mol. The van der Waals surface area contributed by atoms with Crippen molar-refractivity contribution in [1.29, 1.82) is 0 Å². The Morgan fingerprint density at radius 2 is 1.95 bits per heavy atom. The second-order valence-electron chi connectivity index (χ2n) is 6.33. The second-order valence-corrected chi connectivity index (χ2v) is 7.48. The quantitative estimate of drug-likeness (QED) is 0.921. The Hall–Kier alpha value is -1.27. The number of nitrogens with one attached hydrogen (secondary N) is 1. The third-order valence-electron chi connectivity index (χ3n) is 3.46. The first-order valence-electron chi connectivity index (χ1n) is 7.42. The highest BCUT2D eigenvalue weighted by Gasteiger charge is 2.19. The third kappa shape index (κ3) is 3.89. The van der Waals surface area contributed by atoms with Crippen LogP contribution in [0.15, 0.2) is 6.20 Å². The molecule has 2 aromatic rings. The number of aryl methyl sites for hydroxylation is 2. The van der Waals surface area contributed by atoms with Crippen LogP contribution in [0.5, 0.6) is 0 Å². The van der Waals surface area contributed by atoms with Gasteiger partial charge in [-0.25, -0.2) is 0 Å². The Balaban J connectivity index is 2.03. The minimum atomic E-state index is 0.0119. The lowest BCUT2D eigenvalue weighted by atomic mass is 10.1. The molecule has 0 aromatic carbocycles. The van der Waals surface area contributed by atoms with Gasteiger partial charge in [0.05, 0.1) is 17.8 Å². The van der Waals surface area contributed by atoms with Gasteiger partial charge in [0, 0.05) is 17.8 Å². The molecule has 2 rings (SSSR count). The lowest BCUT2D eigenvalue weighted by molar-refractivity contribution is 0.353. The zero-order chi connectivity index (χ0) is 15.6. The highest BCUT2D eigenvalue weighted by Crippen LogP contribution is 2.21. The van der Waals surface area contributed by atoms with Crippen molar-refractivity contribution in [2.24, 2.45) is 0 Å². The minimum Gasteiger partial charge on any atom is -0.304 e. The Bertz CT molecular complexity index is 593. The second kappa shape index (κ2) is 6.23. The molecule has 2 heterocycles. The van der Waals surface area contributed by atoms with Crippen molar-refractivity contribution in [2.45, 2.75) is 66.1 Å². The summed E-state index contributed by atoms with van der Waals surface area (Å²) in [4.78, 5) is 0. The van der Waals surface area contributed by atoms with E-state index in [0.29, 0.717) is 0 Å². The maximum absolute atomic E-state index is 4.63. The van der Waals surface area contributed by atoms with Crippen LogP contribution >= 0.6 is 11.3 Å². The van der Waals surface area contributed by atoms with Crippen molar-refractivity contribution in [3.8, 4) is 0 Å². The molecule has 0 saturated carbocycles. The molecule has 1 atom stereocenters. The van der Waals surface area contributed by atoms with Crippen molar-refractivity contribution >= 4 is 11.3 Å². The summed E-state index contributed by atoms with van der Waals surface area (Å²) in [6, 6.07) is 0.245. The van der Waals surface area contributed by atoms with Crippen molar-refractivity contribution < 1.29 is 0 Å². The summed E-state index contributed by atoms with van der Waals surface area (Å²) in [6.45, 7) is 13.6. The van der Waals surface area contributed by atoms with Gasteiger partial charge in [-0.15, -0.1) is 21.5 Å². The molecular formula is C15H25N5S. The molecule has 0 radical (unpaired) electrons. The van der Waals surface area contributed by atoms with Gasteiger partial charge < -0.3 is 5.32 Å². The van der Waals surface area contributed by atoms with E-state index < -0.39 is 0 Å². The van der Waals surface area contributed by atoms with Gasteiger partial charge in [0.25, 0.3) is 0 Å². The van der Waals surface area contributed by atoms with Crippen LogP contribution in [0.2, 0.25) is 0 Å². The van der Waals surface area contributed by atoms with E-state index in [1.54, 1.807) is 11.3 Å². The fourth-order valence-electron chi connectivity index (χ4n) is 2.10. The zero-order valence-corrected chi connectivity index (χ0v) is 14.6. The maximum Gasteiger partial charge on any atom is 0.131 e. The SMILES string of the molecule is CCc1nnc(CN[C@@H](C)c2cn(C(C)(C)C)nc2C)s1. The number of hydrogen-bond donors (Lipinski definition) is 1. The van der Waals surface area contributed by atoms with Crippen LogP contribution in [0, 0.1) is 6.92 Å². The third-order valence-corrected chi connectivity index (χ3v) is 4.53. The molecule has 0 bridgehead atoms. The molecule has 2 aromatic heterocycles. The van der Waals surface area contributed by atoms with E-state index >= 15 is 0 Å².